The highest BCUT2D eigenvalue weighted by Gasteiger charge is 2.43. The van der Waals surface area contributed by atoms with E-state index in [9.17, 15) is 14.4 Å². The topological polar surface area (TPSA) is 87.7 Å². The van der Waals surface area contributed by atoms with E-state index in [4.69, 9.17) is 16.3 Å². The quantitative estimate of drug-likeness (QED) is 0.756. The smallest absolute Gasteiger partial charge is 0.338 e. The SMILES string of the molecule is O=C(CN1C(=O)N[C@H](c2ccccc2Cl)C2=C1COC2=O)NC1CCCCC1. The summed E-state index contributed by atoms with van der Waals surface area (Å²) in [4.78, 5) is 38.9. The number of halogens is 1. The van der Waals surface area contributed by atoms with Gasteiger partial charge in [-0.3, -0.25) is 9.69 Å². The van der Waals surface area contributed by atoms with Gasteiger partial charge in [-0.25, -0.2) is 9.59 Å². The van der Waals surface area contributed by atoms with Crippen LogP contribution < -0.4 is 10.6 Å². The van der Waals surface area contributed by atoms with Crippen LogP contribution in [0.15, 0.2) is 35.5 Å². The maximum atomic E-state index is 12.8. The Morgan fingerprint density at radius 3 is 2.71 bits per heavy atom. The van der Waals surface area contributed by atoms with Gasteiger partial charge in [0.25, 0.3) is 0 Å². The lowest BCUT2D eigenvalue weighted by atomic mass is 9.95. The molecular formula is C20H22ClN3O4. The number of esters is 1. The summed E-state index contributed by atoms with van der Waals surface area (Å²) >= 11 is 6.27. The summed E-state index contributed by atoms with van der Waals surface area (Å²) in [7, 11) is 0. The molecule has 0 unspecified atom stereocenters. The summed E-state index contributed by atoms with van der Waals surface area (Å²) < 4.78 is 5.18. The number of carbonyl (C=O) groups is 3. The van der Waals surface area contributed by atoms with Gasteiger partial charge in [0.05, 0.1) is 17.3 Å². The monoisotopic (exact) mass is 403 g/mol. The zero-order valence-electron chi connectivity index (χ0n) is 15.4. The van der Waals surface area contributed by atoms with Crippen molar-refractivity contribution < 1.29 is 19.1 Å². The van der Waals surface area contributed by atoms with Gasteiger partial charge in [-0.1, -0.05) is 49.1 Å². The molecule has 2 N–H and O–H groups in total. The highest BCUT2D eigenvalue weighted by atomic mass is 35.5. The van der Waals surface area contributed by atoms with Gasteiger partial charge in [-0.2, -0.15) is 0 Å². The average Bonchev–Trinajstić information content (AvgIpc) is 3.07. The minimum atomic E-state index is -0.691. The predicted octanol–water partition coefficient (Wildman–Crippen LogP) is 2.67. The Bertz CT molecular complexity index is 848. The summed E-state index contributed by atoms with van der Waals surface area (Å²) in [5.41, 5.74) is 1.38. The van der Waals surface area contributed by atoms with Crippen molar-refractivity contribution in [3.63, 3.8) is 0 Å². The van der Waals surface area contributed by atoms with Gasteiger partial charge in [0, 0.05) is 11.1 Å². The van der Waals surface area contributed by atoms with E-state index in [1.54, 1.807) is 24.3 Å². The highest BCUT2D eigenvalue weighted by Crippen LogP contribution is 2.37. The van der Waals surface area contributed by atoms with Crippen LogP contribution in [0.3, 0.4) is 0 Å². The number of hydrogen-bond acceptors (Lipinski definition) is 4. The molecule has 2 aliphatic heterocycles. The van der Waals surface area contributed by atoms with Crippen molar-refractivity contribution in [1.82, 2.24) is 15.5 Å². The summed E-state index contributed by atoms with van der Waals surface area (Å²) in [6.07, 6.45) is 5.32. The second kappa shape index (κ2) is 7.83. The van der Waals surface area contributed by atoms with E-state index in [1.165, 1.54) is 11.3 Å². The van der Waals surface area contributed by atoms with Gasteiger partial charge in [-0.15, -0.1) is 0 Å². The molecule has 1 aromatic rings. The number of hydrogen-bond donors (Lipinski definition) is 2. The van der Waals surface area contributed by atoms with E-state index in [1.807, 2.05) is 0 Å². The number of urea groups is 1. The molecule has 1 aromatic carbocycles. The highest BCUT2D eigenvalue weighted by molar-refractivity contribution is 6.31. The summed E-state index contributed by atoms with van der Waals surface area (Å²) in [6, 6.07) is 6.05. The van der Waals surface area contributed by atoms with Crippen LogP contribution in [0, 0.1) is 0 Å². The van der Waals surface area contributed by atoms with Crippen LogP contribution in [0.4, 0.5) is 4.79 Å². The van der Waals surface area contributed by atoms with E-state index in [0.717, 1.165) is 25.7 Å². The Balaban J connectivity index is 1.57. The van der Waals surface area contributed by atoms with Crippen LogP contribution in [0.25, 0.3) is 0 Å². The number of nitrogens with zero attached hydrogens (tertiary/aromatic N) is 1. The first kappa shape index (κ1) is 18.8. The first-order chi connectivity index (χ1) is 13.5. The molecule has 1 atom stereocenters. The molecule has 2 heterocycles. The molecule has 1 saturated carbocycles. The van der Waals surface area contributed by atoms with Gasteiger partial charge in [0.1, 0.15) is 13.2 Å². The lowest BCUT2D eigenvalue weighted by Gasteiger charge is -2.33. The van der Waals surface area contributed by atoms with Crippen molar-refractivity contribution in [3.05, 3.63) is 46.1 Å². The van der Waals surface area contributed by atoms with Crippen molar-refractivity contribution in [2.45, 2.75) is 44.2 Å². The fourth-order valence-electron chi connectivity index (χ4n) is 4.08. The second-order valence-electron chi connectivity index (χ2n) is 7.33. The summed E-state index contributed by atoms with van der Waals surface area (Å²) in [5, 5.41) is 6.25. The molecule has 0 aromatic heterocycles. The molecule has 8 heteroatoms. The molecule has 4 rings (SSSR count). The van der Waals surface area contributed by atoms with E-state index < -0.39 is 18.0 Å². The van der Waals surface area contributed by atoms with Crippen LogP contribution in [0.5, 0.6) is 0 Å². The van der Waals surface area contributed by atoms with Crippen LogP contribution in [-0.4, -0.2) is 42.0 Å². The number of cyclic esters (lactones) is 1. The molecule has 1 aliphatic carbocycles. The Morgan fingerprint density at radius 2 is 1.96 bits per heavy atom. The van der Waals surface area contributed by atoms with Crippen LogP contribution in [-0.2, 0) is 14.3 Å². The lowest BCUT2D eigenvalue weighted by Crippen LogP contribution is -2.51. The van der Waals surface area contributed by atoms with Crippen LogP contribution in [0.2, 0.25) is 5.02 Å². The fourth-order valence-corrected chi connectivity index (χ4v) is 4.33. The predicted molar refractivity (Wildman–Crippen MR) is 102 cm³/mol. The van der Waals surface area contributed by atoms with Gasteiger partial charge in [-0.05, 0) is 24.5 Å². The molecule has 3 aliphatic rings. The molecular weight excluding hydrogens is 382 g/mol. The van der Waals surface area contributed by atoms with E-state index in [2.05, 4.69) is 10.6 Å². The third kappa shape index (κ3) is 3.58. The molecule has 28 heavy (non-hydrogen) atoms. The maximum absolute atomic E-state index is 12.8. The van der Waals surface area contributed by atoms with Crippen molar-refractivity contribution >= 4 is 29.5 Å². The number of rotatable bonds is 4. The molecule has 0 radical (unpaired) electrons. The molecule has 7 nitrogen and oxygen atoms in total. The Kier molecular flexibility index (Phi) is 5.26. The first-order valence-electron chi connectivity index (χ1n) is 9.56. The van der Waals surface area contributed by atoms with Crippen molar-refractivity contribution in [1.29, 1.82) is 0 Å². The van der Waals surface area contributed by atoms with Crippen LogP contribution in [0.1, 0.15) is 43.7 Å². The average molecular weight is 404 g/mol. The van der Waals surface area contributed by atoms with E-state index >= 15 is 0 Å². The molecule has 3 amide bonds. The summed E-state index contributed by atoms with van der Waals surface area (Å²) in [6.45, 7) is -0.174. The number of carbonyl (C=O) groups excluding carboxylic acids is 3. The Hall–Kier alpha value is -2.54. The van der Waals surface area contributed by atoms with Crippen molar-refractivity contribution in [2.24, 2.45) is 0 Å². The Labute approximate surface area is 168 Å². The zero-order valence-corrected chi connectivity index (χ0v) is 16.1. The molecule has 0 spiro atoms. The number of nitrogens with one attached hydrogen (secondary N) is 2. The van der Waals surface area contributed by atoms with Gasteiger partial charge < -0.3 is 15.4 Å². The van der Waals surface area contributed by atoms with Crippen molar-refractivity contribution in [3.8, 4) is 0 Å². The van der Waals surface area contributed by atoms with Gasteiger partial charge in [0.15, 0.2) is 0 Å². The largest absolute Gasteiger partial charge is 0.456 e. The second-order valence-corrected chi connectivity index (χ2v) is 7.74. The maximum Gasteiger partial charge on any atom is 0.338 e. The molecule has 148 valence electrons. The molecule has 0 bridgehead atoms. The zero-order chi connectivity index (χ0) is 19.7. The van der Waals surface area contributed by atoms with E-state index in [-0.39, 0.29) is 25.1 Å². The fraction of sp³-hybridized carbons (Fsp3) is 0.450. The van der Waals surface area contributed by atoms with Crippen LogP contribution >= 0.6 is 11.6 Å². The molecule has 1 fully saturated rings. The Morgan fingerprint density at radius 1 is 1.21 bits per heavy atom. The van der Waals surface area contributed by atoms with Crippen molar-refractivity contribution in [2.75, 3.05) is 13.2 Å². The van der Waals surface area contributed by atoms with Gasteiger partial charge in [0.2, 0.25) is 5.91 Å². The number of benzene rings is 1. The first-order valence-corrected chi connectivity index (χ1v) is 9.94. The number of amides is 3. The number of ether oxygens (including phenoxy) is 1. The lowest BCUT2D eigenvalue weighted by molar-refractivity contribution is -0.136. The minimum absolute atomic E-state index is 0.0285. The normalized spacial score (nSPS) is 22.6. The van der Waals surface area contributed by atoms with Gasteiger partial charge >= 0.3 is 12.0 Å². The van der Waals surface area contributed by atoms with E-state index in [0.29, 0.717) is 21.9 Å². The standard InChI is InChI=1S/C20H22ClN3O4/c21-14-9-5-4-8-13(14)18-17-15(11-28-19(17)26)24(20(27)23-18)10-16(25)22-12-6-2-1-3-7-12/h4-5,8-9,12,18H,1-3,6-7,10-11H2,(H,22,25)(H,23,27)/t18-/m1/s1. The minimum Gasteiger partial charge on any atom is -0.456 e. The third-order valence-electron chi connectivity index (χ3n) is 5.49. The molecule has 0 saturated heterocycles. The summed E-state index contributed by atoms with van der Waals surface area (Å²) in [5.74, 6) is -0.734. The third-order valence-corrected chi connectivity index (χ3v) is 5.83.